The fourth-order valence-electron chi connectivity index (χ4n) is 4.47. The van der Waals surface area contributed by atoms with E-state index in [0.717, 1.165) is 19.3 Å². The number of piperidine rings is 1. The molecule has 2 aromatic carbocycles. The van der Waals surface area contributed by atoms with E-state index in [0.29, 0.717) is 24.3 Å². The van der Waals surface area contributed by atoms with Crippen LogP contribution in [0.1, 0.15) is 35.2 Å². The molecule has 0 spiro atoms. The van der Waals surface area contributed by atoms with E-state index in [1.165, 1.54) is 35.9 Å². The summed E-state index contributed by atoms with van der Waals surface area (Å²) in [5, 5.41) is 8.04. The number of hydrogen-bond acceptors (Lipinski definition) is 7. The van der Waals surface area contributed by atoms with E-state index in [4.69, 9.17) is 27.9 Å². The van der Waals surface area contributed by atoms with Crippen molar-refractivity contribution in [2.24, 2.45) is 0 Å². The summed E-state index contributed by atoms with van der Waals surface area (Å²) in [4.78, 5) is 41.9. The van der Waals surface area contributed by atoms with Gasteiger partial charge in [-0.25, -0.2) is 18.0 Å². The molecule has 3 aromatic rings. The number of pyridine rings is 1. The molecule has 1 aliphatic rings. The summed E-state index contributed by atoms with van der Waals surface area (Å²) in [6, 6.07) is 10.8. The van der Waals surface area contributed by atoms with Gasteiger partial charge in [0.15, 0.2) is 0 Å². The molecule has 2 heterocycles. The van der Waals surface area contributed by atoms with Gasteiger partial charge in [0, 0.05) is 37.6 Å². The van der Waals surface area contributed by atoms with Crippen LogP contribution in [0.3, 0.4) is 0 Å². The van der Waals surface area contributed by atoms with Gasteiger partial charge in [-0.1, -0.05) is 53.9 Å². The Hall–Kier alpha value is -3.71. The van der Waals surface area contributed by atoms with Crippen LogP contribution < -0.4 is 16.0 Å². The van der Waals surface area contributed by atoms with Crippen LogP contribution in [0.4, 0.5) is 16.2 Å². The van der Waals surface area contributed by atoms with Gasteiger partial charge >= 0.3 is 12.0 Å². The Morgan fingerprint density at radius 1 is 0.952 bits per heavy atom. The number of anilines is 2. The molecule has 0 bridgehead atoms. The van der Waals surface area contributed by atoms with Crippen molar-refractivity contribution in [3.8, 4) is 0 Å². The minimum Gasteiger partial charge on any atom is -0.467 e. The van der Waals surface area contributed by atoms with Crippen molar-refractivity contribution in [3.05, 3.63) is 82.1 Å². The van der Waals surface area contributed by atoms with Crippen LogP contribution in [0.15, 0.2) is 65.8 Å². The topological polar surface area (TPSA) is 147 Å². The van der Waals surface area contributed by atoms with Crippen molar-refractivity contribution >= 4 is 62.5 Å². The Kier molecular flexibility index (Phi) is 10.4. The van der Waals surface area contributed by atoms with Crippen molar-refractivity contribution in [3.63, 3.8) is 0 Å². The highest BCUT2D eigenvalue weighted by Crippen LogP contribution is 2.27. The number of sulfonamides is 1. The number of aromatic nitrogens is 1. The molecule has 4 rings (SSSR count). The fraction of sp³-hybridized carbons (Fsp3) is 0.286. The molecule has 1 saturated heterocycles. The van der Waals surface area contributed by atoms with Crippen molar-refractivity contribution < 1.29 is 27.5 Å². The maximum Gasteiger partial charge on any atom is 0.328 e. The lowest BCUT2D eigenvalue weighted by Gasteiger charge is -2.27. The molecule has 11 nitrogen and oxygen atoms in total. The maximum atomic E-state index is 13.3. The molecule has 0 unspecified atom stereocenters. The van der Waals surface area contributed by atoms with Crippen molar-refractivity contribution in [2.45, 2.75) is 36.6 Å². The van der Waals surface area contributed by atoms with Crippen molar-refractivity contribution in [2.75, 3.05) is 30.8 Å². The Labute approximate surface area is 253 Å². The number of methoxy groups -OCH3 is 1. The number of rotatable bonds is 9. The Balaban J connectivity index is 1.43. The zero-order chi connectivity index (χ0) is 30.3. The van der Waals surface area contributed by atoms with Crippen LogP contribution in [-0.2, 0) is 26.0 Å². The molecule has 3 amide bonds. The Morgan fingerprint density at radius 2 is 1.60 bits per heavy atom. The molecule has 3 N–H and O–H groups in total. The first-order valence-corrected chi connectivity index (χ1v) is 15.2. The highest BCUT2D eigenvalue weighted by molar-refractivity contribution is 7.89. The zero-order valence-electron chi connectivity index (χ0n) is 22.6. The van der Waals surface area contributed by atoms with Gasteiger partial charge in [0.2, 0.25) is 10.0 Å². The smallest absolute Gasteiger partial charge is 0.328 e. The molecule has 42 heavy (non-hydrogen) atoms. The average molecular weight is 635 g/mol. The Morgan fingerprint density at radius 3 is 2.24 bits per heavy atom. The molecule has 1 fully saturated rings. The largest absolute Gasteiger partial charge is 0.467 e. The minimum atomic E-state index is -3.82. The van der Waals surface area contributed by atoms with Gasteiger partial charge < -0.3 is 20.7 Å². The number of carbonyl (C=O) groups is 3. The van der Waals surface area contributed by atoms with Gasteiger partial charge in [0.1, 0.15) is 10.9 Å². The molecular formula is C28H29Cl2N5O6S. The van der Waals surface area contributed by atoms with Crippen LogP contribution in [0.2, 0.25) is 10.0 Å². The Bertz CT molecular complexity index is 1540. The normalized spacial score (nSPS) is 14.5. The van der Waals surface area contributed by atoms with Crippen LogP contribution in [0.5, 0.6) is 0 Å². The number of nitrogens with one attached hydrogen (secondary N) is 3. The lowest BCUT2D eigenvalue weighted by Crippen LogP contribution is -2.45. The second-order valence-corrected chi connectivity index (χ2v) is 12.2. The maximum absolute atomic E-state index is 13.3. The number of urea groups is 1. The molecule has 222 valence electrons. The molecule has 14 heteroatoms. The third-order valence-electron chi connectivity index (χ3n) is 6.59. The number of benzene rings is 2. The van der Waals surface area contributed by atoms with E-state index in [1.54, 1.807) is 36.4 Å². The zero-order valence-corrected chi connectivity index (χ0v) is 24.9. The number of esters is 1. The van der Waals surface area contributed by atoms with E-state index < -0.39 is 34.0 Å². The molecule has 0 saturated carbocycles. The summed E-state index contributed by atoms with van der Waals surface area (Å²) >= 11 is 12.1. The van der Waals surface area contributed by atoms with Crippen LogP contribution in [-0.4, -0.2) is 61.9 Å². The van der Waals surface area contributed by atoms with Crippen molar-refractivity contribution in [1.82, 2.24) is 14.6 Å². The second-order valence-electron chi connectivity index (χ2n) is 9.47. The average Bonchev–Trinajstić information content (AvgIpc) is 2.98. The molecule has 1 aromatic heterocycles. The number of hydrogen-bond donors (Lipinski definition) is 3. The molecule has 1 aliphatic heterocycles. The molecule has 1 atom stereocenters. The fourth-order valence-corrected chi connectivity index (χ4v) is 6.67. The van der Waals surface area contributed by atoms with E-state index in [2.05, 4.69) is 20.9 Å². The predicted molar refractivity (Wildman–Crippen MR) is 159 cm³/mol. The van der Waals surface area contributed by atoms with Gasteiger partial charge in [0.25, 0.3) is 5.91 Å². The first-order valence-electron chi connectivity index (χ1n) is 13.0. The van der Waals surface area contributed by atoms with Gasteiger partial charge in [-0.15, -0.1) is 0 Å². The van der Waals surface area contributed by atoms with E-state index >= 15 is 0 Å². The summed E-state index contributed by atoms with van der Waals surface area (Å²) in [6.45, 7) is 0.835. The van der Waals surface area contributed by atoms with E-state index in [9.17, 15) is 22.8 Å². The molecule has 0 radical (unpaired) electrons. The van der Waals surface area contributed by atoms with Gasteiger partial charge in [0.05, 0.1) is 28.4 Å². The highest BCUT2D eigenvalue weighted by Gasteiger charge is 2.29. The first-order chi connectivity index (χ1) is 20.1. The third kappa shape index (κ3) is 7.57. The quantitative estimate of drug-likeness (QED) is 0.289. The number of halogens is 2. The number of nitrogens with zero attached hydrogens (tertiary/aromatic N) is 2. The van der Waals surface area contributed by atoms with Crippen molar-refractivity contribution in [1.29, 1.82) is 0 Å². The number of ether oxygens (including phenoxy) is 1. The summed E-state index contributed by atoms with van der Waals surface area (Å²) in [5.41, 5.74) is 1.28. The van der Waals surface area contributed by atoms with Gasteiger partial charge in [-0.3, -0.25) is 9.78 Å². The monoisotopic (exact) mass is 633 g/mol. The van der Waals surface area contributed by atoms with E-state index in [1.807, 2.05) is 0 Å². The summed E-state index contributed by atoms with van der Waals surface area (Å²) in [6.07, 6.45) is 5.20. The lowest BCUT2D eigenvalue weighted by atomic mass is 10.1. The van der Waals surface area contributed by atoms with Crippen LogP contribution in [0, 0.1) is 0 Å². The lowest BCUT2D eigenvalue weighted by molar-refractivity contribution is -0.142. The number of carbonyl (C=O) groups excluding carboxylic acids is 3. The molecule has 0 aliphatic carbocycles. The molecular weight excluding hydrogens is 605 g/mol. The van der Waals surface area contributed by atoms with Crippen LogP contribution >= 0.6 is 23.2 Å². The van der Waals surface area contributed by atoms with E-state index in [-0.39, 0.29) is 32.6 Å². The standard InChI is InChI=1S/C28H29Cl2N5O6S/c1-41-27(37)23(15-18-9-11-19(12-10-18)32-26(36)25-20(29)16-31-17-21(25)30)34-28(38)33-22-7-3-4-8-24(22)42(39,40)35-13-5-2-6-14-35/h3-4,7-12,16-17,23H,2,5-6,13-15H2,1H3,(H,32,36)(H2,33,34,38)/t23-/m0/s1. The van der Waals surface area contributed by atoms with Gasteiger partial charge in [-0.2, -0.15) is 4.31 Å². The highest BCUT2D eigenvalue weighted by atomic mass is 35.5. The SMILES string of the molecule is COC(=O)[C@H](Cc1ccc(NC(=O)c2c(Cl)cncc2Cl)cc1)NC(=O)Nc1ccccc1S(=O)(=O)N1CCCCC1. The third-order valence-corrected chi connectivity index (χ3v) is 9.12. The number of para-hydroxylation sites is 1. The minimum absolute atomic E-state index is 0.0244. The number of amides is 3. The summed E-state index contributed by atoms with van der Waals surface area (Å²) in [5.74, 6) is -1.22. The predicted octanol–water partition coefficient (Wildman–Crippen LogP) is 4.72. The van der Waals surface area contributed by atoms with Crippen LogP contribution in [0.25, 0.3) is 0 Å². The summed E-state index contributed by atoms with van der Waals surface area (Å²) in [7, 11) is -2.62. The summed E-state index contributed by atoms with van der Waals surface area (Å²) < 4.78 is 32.8. The second kappa shape index (κ2) is 14.0. The van der Waals surface area contributed by atoms with Gasteiger partial charge in [-0.05, 0) is 42.7 Å². The first kappa shape index (κ1) is 31.2.